The summed E-state index contributed by atoms with van der Waals surface area (Å²) in [5.41, 5.74) is 0.118. The number of benzene rings is 2. The number of nitrogens with one attached hydrogen (secondary N) is 1. The Morgan fingerprint density at radius 3 is 2.81 bits per heavy atom. The van der Waals surface area contributed by atoms with Crippen molar-refractivity contribution in [2.45, 2.75) is 24.7 Å². The number of hydrogen-bond acceptors (Lipinski definition) is 6. The summed E-state index contributed by atoms with van der Waals surface area (Å²) in [4.78, 5) is 12.3. The lowest BCUT2D eigenvalue weighted by atomic mass is 10.3. The van der Waals surface area contributed by atoms with Crippen molar-refractivity contribution in [1.82, 2.24) is 14.8 Å². The first-order valence-corrected chi connectivity index (χ1v) is 11.4. The molecule has 0 saturated carbocycles. The lowest BCUT2D eigenvalue weighted by molar-refractivity contribution is -0.113. The Morgan fingerprint density at radius 1 is 1.31 bits per heavy atom. The number of halogens is 2. The fraction of sp³-hybridized carbons (Fsp3) is 0.227. The van der Waals surface area contributed by atoms with Gasteiger partial charge in [-0.05, 0) is 37.3 Å². The molecule has 7 nitrogen and oxygen atoms in total. The van der Waals surface area contributed by atoms with E-state index in [0.29, 0.717) is 33.5 Å². The standard InChI is InChI=1S/C22H22BrFN4O3S/c1-4-10-28-21(14(2)31-17-7-5-6-16(12-17)30-3)26-27-22(28)32-13-20(29)25-19-9-8-15(23)11-18(19)24/h4-9,11-12,14H,1,10,13H2,2-3H3,(H,25,29). The number of anilines is 1. The SMILES string of the molecule is C=CCn1c(SCC(=O)Nc2ccc(Br)cc2F)nnc1C(C)Oc1cccc(OC)c1. The van der Waals surface area contributed by atoms with E-state index in [0.717, 1.165) is 0 Å². The molecule has 3 rings (SSSR count). The fourth-order valence-electron chi connectivity index (χ4n) is 2.85. The summed E-state index contributed by atoms with van der Waals surface area (Å²) in [6.45, 7) is 6.09. The van der Waals surface area contributed by atoms with Crippen LogP contribution >= 0.6 is 27.7 Å². The Bertz CT molecular complexity index is 1110. The van der Waals surface area contributed by atoms with Crippen molar-refractivity contribution >= 4 is 39.3 Å². The van der Waals surface area contributed by atoms with Gasteiger partial charge in [-0.1, -0.05) is 39.8 Å². The maximum absolute atomic E-state index is 13.9. The predicted molar refractivity (Wildman–Crippen MR) is 126 cm³/mol. The van der Waals surface area contributed by atoms with Crippen molar-refractivity contribution in [1.29, 1.82) is 0 Å². The second-order valence-electron chi connectivity index (χ2n) is 6.64. The summed E-state index contributed by atoms with van der Waals surface area (Å²) in [7, 11) is 1.59. The molecule has 0 bridgehead atoms. The van der Waals surface area contributed by atoms with Crippen LogP contribution in [0, 0.1) is 5.82 Å². The van der Waals surface area contributed by atoms with Crippen LogP contribution in [-0.2, 0) is 11.3 Å². The van der Waals surface area contributed by atoms with Gasteiger partial charge in [-0.15, -0.1) is 16.8 Å². The van der Waals surface area contributed by atoms with Gasteiger partial charge in [-0.25, -0.2) is 4.39 Å². The van der Waals surface area contributed by atoms with E-state index in [4.69, 9.17) is 9.47 Å². The number of carbonyl (C=O) groups excluding carboxylic acids is 1. The number of amides is 1. The van der Waals surface area contributed by atoms with Gasteiger partial charge in [0.05, 0.1) is 18.6 Å². The van der Waals surface area contributed by atoms with Crippen LogP contribution in [0.5, 0.6) is 11.5 Å². The van der Waals surface area contributed by atoms with E-state index in [2.05, 4.69) is 38.0 Å². The van der Waals surface area contributed by atoms with Gasteiger partial charge in [-0.2, -0.15) is 0 Å². The number of hydrogen-bond donors (Lipinski definition) is 1. The Morgan fingerprint density at radius 2 is 2.09 bits per heavy atom. The number of carbonyl (C=O) groups is 1. The van der Waals surface area contributed by atoms with E-state index in [9.17, 15) is 9.18 Å². The highest BCUT2D eigenvalue weighted by Gasteiger charge is 2.20. The van der Waals surface area contributed by atoms with E-state index in [1.54, 1.807) is 25.3 Å². The average Bonchev–Trinajstić information content (AvgIpc) is 3.17. The first kappa shape index (κ1) is 23.8. The quantitative estimate of drug-likeness (QED) is 0.290. The molecule has 0 aliphatic carbocycles. The minimum atomic E-state index is -0.515. The molecular weight excluding hydrogens is 499 g/mol. The molecule has 0 radical (unpaired) electrons. The first-order chi connectivity index (χ1) is 15.4. The molecule has 1 unspecified atom stereocenters. The number of rotatable bonds is 10. The molecule has 0 fully saturated rings. The maximum atomic E-state index is 13.9. The van der Waals surface area contributed by atoms with E-state index < -0.39 is 11.9 Å². The van der Waals surface area contributed by atoms with Crippen LogP contribution in [0.1, 0.15) is 18.9 Å². The van der Waals surface area contributed by atoms with Gasteiger partial charge in [0.15, 0.2) is 17.1 Å². The monoisotopic (exact) mass is 520 g/mol. The van der Waals surface area contributed by atoms with Crippen LogP contribution in [-0.4, -0.2) is 33.5 Å². The molecule has 1 amide bonds. The number of allylic oxidation sites excluding steroid dienone is 1. The number of aromatic nitrogens is 3. The summed E-state index contributed by atoms with van der Waals surface area (Å²) < 4.78 is 27.6. The van der Waals surface area contributed by atoms with Crippen molar-refractivity contribution in [3.63, 3.8) is 0 Å². The highest BCUT2D eigenvalue weighted by Crippen LogP contribution is 2.27. The Labute approximate surface area is 198 Å². The van der Waals surface area contributed by atoms with Crippen LogP contribution in [0.15, 0.2) is 64.7 Å². The molecule has 32 heavy (non-hydrogen) atoms. The first-order valence-electron chi connectivity index (χ1n) is 9.63. The minimum absolute atomic E-state index is 0.0376. The fourth-order valence-corrected chi connectivity index (χ4v) is 3.93. The summed E-state index contributed by atoms with van der Waals surface area (Å²) in [5, 5.41) is 11.5. The molecule has 168 valence electrons. The summed E-state index contributed by atoms with van der Waals surface area (Å²) in [5.74, 6) is 1.08. The van der Waals surface area contributed by atoms with Gasteiger partial charge in [0.25, 0.3) is 0 Å². The van der Waals surface area contributed by atoms with Crippen LogP contribution in [0.4, 0.5) is 10.1 Å². The molecular formula is C22H22BrFN4O3S. The zero-order valence-corrected chi connectivity index (χ0v) is 20.0. The molecule has 10 heteroatoms. The molecule has 1 heterocycles. The average molecular weight is 521 g/mol. The minimum Gasteiger partial charge on any atom is -0.497 e. The van der Waals surface area contributed by atoms with Crippen molar-refractivity contribution < 1.29 is 18.7 Å². The number of nitrogens with zero attached hydrogens (tertiary/aromatic N) is 3. The smallest absolute Gasteiger partial charge is 0.234 e. The van der Waals surface area contributed by atoms with Gasteiger partial charge in [-0.3, -0.25) is 9.36 Å². The van der Waals surface area contributed by atoms with Crippen LogP contribution in [0.2, 0.25) is 0 Å². The van der Waals surface area contributed by atoms with Crippen LogP contribution < -0.4 is 14.8 Å². The van der Waals surface area contributed by atoms with E-state index >= 15 is 0 Å². The molecule has 1 aromatic heterocycles. The van der Waals surface area contributed by atoms with E-state index in [-0.39, 0.29) is 17.3 Å². The lowest BCUT2D eigenvalue weighted by Gasteiger charge is -2.16. The molecule has 2 aromatic carbocycles. The zero-order chi connectivity index (χ0) is 23.1. The summed E-state index contributed by atoms with van der Waals surface area (Å²) in [6, 6.07) is 11.7. The third-order valence-corrected chi connectivity index (χ3v) is 5.77. The maximum Gasteiger partial charge on any atom is 0.234 e. The summed E-state index contributed by atoms with van der Waals surface area (Å²) >= 11 is 4.39. The Balaban J connectivity index is 1.68. The lowest BCUT2D eigenvalue weighted by Crippen LogP contribution is -2.16. The normalized spacial score (nSPS) is 11.6. The molecule has 0 aliphatic heterocycles. The molecule has 0 spiro atoms. The molecule has 3 aromatic rings. The van der Waals surface area contributed by atoms with Crippen molar-refractivity contribution in [2.24, 2.45) is 0 Å². The number of thioether (sulfide) groups is 1. The third-order valence-electron chi connectivity index (χ3n) is 4.31. The largest absolute Gasteiger partial charge is 0.497 e. The van der Waals surface area contributed by atoms with Gasteiger partial charge < -0.3 is 14.8 Å². The molecule has 1 N–H and O–H groups in total. The van der Waals surface area contributed by atoms with Crippen LogP contribution in [0.3, 0.4) is 0 Å². The predicted octanol–water partition coefficient (Wildman–Crippen LogP) is 5.25. The highest BCUT2D eigenvalue weighted by molar-refractivity contribution is 9.10. The Kier molecular flexibility index (Phi) is 8.29. The zero-order valence-electron chi connectivity index (χ0n) is 17.5. The van der Waals surface area contributed by atoms with Gasteiger partial charge in [0.2, 0.25) is 5.91 Å². The highest BCUT2D eigenvalue weighted by atomic mass is 79.9. The van der Waals surface area contributed by atoms with E-state index in [1.165, 1.54) is 23.9 Å². The van der Waals surface area contributed by atoms with Crippen molar-refractivity contribution in [2.75, 3.05) is 18.2 Å². The van der Waals surface area contributed by atoms with E-state index in [1.807, 2.05) is 29.7 Å². The Hall–Kier alpha value is -2.85. The van der Waals surface area contributed by atoms with Crippen LogP contribution in [0.25, 0.3) is 0 Å². The second kappa shape index (κ2) is 11.1. The molecule has 0 aliphatic rings. The van der Waals surface area contributed by atoms with Gasteiger partial charge in [0, 0.05) is 17.1 Å². The van der Waals surface area contributed by atoms with Crippen molar-refractivity contribution in [3.05, 3.63) is 71.2 Å². The molecule has 1 atom stereocenters. The van der Waals surface area contributed by atoms with Gasteiger partial charge in [0.1, 0.15) is 17.3 Å². The molecule has 0 saturated heterocycles. The van der Waals surface area contributed by atoms with Gasteiger partial charge >= 0.3 is 0 Å². The van der Waals surface area contributed by atoms with Crippen molar-refractivity contribution in [3.8, 4) is 11.5 Å². The third kappa shape index (κ3) is 6.10. The second-order valence-corrected chi connectivity index (χ2v) is 8.50. The number of ether oxygens (including phenoxy) is 2. The summed E-state index contributed by atoms with van der Waals surface area (Å²) in [6.07, 6.45) is 1.31. The number of methoxy groups -OCH3 is 1. The topological polar surface area (TPSA) is 78.3 Å².